The maximum Gasteiger partial charge on any atom is 0.573 e. The topological polar surface area (TPSA) is 117 Å². The predicted octanol–water partition coefficient (Wildman–Crippen LogP) is 16.0. The number of ether oxygens (including phenoxy) is 3. The molecule has 0 radical (unpaired) electrons. The van der Waals surface area contributed by atoms with E-state index >= 15 is 0 Å². The fourth-order valence-corrected chi connectivity index (χ4v) is 9.95. The van der Waals surface area contributed by atoms with E-state index in [-0.39, 0.29) is 31.0 Å². The van der Waals surface area contributed by atoms with Crippen molar-refractivity contribution in [3.05, 3.63) is 193 Å². The summed E-state index contributed by atoms with van der Waals surface area (Å²) in [6.07, 6.45) is -9.68. The molecule has 1 atom stereocenters. The van der Waals surface area contributed by atoms with E-state index in [1.807, 2.05) is 36.6 Å². The van der Waals surface area contributed by atoms with Crippen LogP contribution in [-0.2, 0) is 35.6 Å². The fourth-order valence-electron chi connectivity index (χ4n) is 9.54. The summed E-state index contributed by atoms with van der Waals surface area (Å²) in [6.45, 7) is 11.4. The zero-order valence-electron chi connectivity index (χ0n) is 43.2. The lowest BCUT2D eigenvalue weighted by Crippen LogP contribution is -2.17. The summed E-state index contributed by atoms with van der Waals surface area (Å²) in [5.74, 6) is -4.75. The minimum atomic E-state index is -4.81. The molecule has 1 unspecified atom stereocenters. The molecule has 0 aliphatic carbocycles. The molecular weight excluding hydrogens is 1090 g/mol. The monoisotopic (exact) mass is 1140 g/mol. The Labute approximate surface area is 456 Å². The number of halogens is 11. The van der Waals surface area contributed by atoms with Crippen LogP contribution in [0.4, 0.5) is 39.5 Å². The molecule has 0 saturated carbocycles. The molecule has 416 valence electrons. The molecule has 0 bridgehead atoms. The molecule has 9 aromatic rings. The Morgan fingerprint density at radius 3 is 1.65 bits per heavy atom. The number of carboxylic acid groups (broad SMARTS) is 2. The molecule has 0 saturated heterocycles. The highest BCUT2D eigenvalue weighted by molar-refractivity contribution is 6.33. The first-order valence-electron chi connectivity index (χ1n) is 24.0. The van der Waals surface area contributed by atoms with E-state index in [9.17, 15) is 59.3 Å². The van der Waals surface area contributed by atoms with Crippen molar-refractivity contribution >= 4 is 67.8 Å². The van der Waals surface area contributed by atoms with Crippen molar-refractivity contribution in [1.29, 1.82) is 0 Å². The van der Waals surface area contributed by atoms with E-state index in [1.54, 1.807) is 73.2 Å². The van der Waals surface area contributed by atoms with Crippen LogP contribution in [-0.4, -0.2) is 55.7 Å². The van der Waals surface area contributed by atoms with Crippen molar-refractivity contribution in [3.8, 4) is 17.2 Å². The van der Waals surface area contributed by atoms with Crippen LogP contribution >= 0.6 is 23.2 Å². The molecule has 2 N–H and O–H groups in total. The van der Waals surface area contributed by atoms with Crippen molar-refractivity contribution in [2.45, 2.75) is 86.2 Å². The zero-order valence-corrected chi connectivity index (χ0v) is 44.7. The second-order valence-corrected chi connectivity index (χ2v) is 19.5. The lowest BCUT2D eigenvalue weighted by molar-refractivity contribution is -0.275. The van der Waals surface area contributed by atoms with Crippen LogP contribution in [0.5, 0.6) is 17.2 Å². The number of hydrogen-bond donors (Lipinski definition) is 2. The van der Waals surface area contributed by atoms with Crippen LogP contribution < -0.4 is 14.2 Å². The van der Waals surface area contributed by atoms with Gasteiger partial charge in [0.1, 0.15) is 34.7 Å². The first-order valence-corrected chi connectivity index (χ1v) is 24.8. The fraction of sp³-hybridized carbons (Fsp3) is 0.241. The highest BCUT2D eigenvalue weighted by atomic mass is 35.5. The number of carboxylic acids is 2. The van der Waals surface area contributed by atoms with Crippen molar-refractivity contribution in [2.75, 3.05) is 7.11 Å². The summed E-state index contributed by atoms with van der Waals surface area (Å²) in [6, 6.07) is 26.8. The van der Waals surface area contributed by atoms with E-state index in [0.29, 0.717) is 83.4 Å². The average Bonchev–Trinajstić information content (AvgIpc) is 4.01. The van der Waals surface area contributed by atoms with E-state index < -0.39 is 48.0 Å². The number of rotatable bonds is 13. The van der Waals surface area contributed by atoms with Gasteiger partial charge in [-0.2, -0.15) is 0 Å². The van der Waals surface area contributed by atoms with Crippen molar-refractivity contribution in [2.24, 2.45) is 0 Å². The molecule has 0 fully saturated rings. The van der Waals surface area contributed by atoms with Crippen LogP contribution in [0.2, 0.25) is 10.0 Å². The summed E-state index contributed by atoms with van der Waals surface area (Å²) < 4.78 is 135. The maximum absolute atomic E-state index is 14.2. The molecule has 3 aromatic heterocycles. The Kier molecular flexibility index (Phi) is 17.7. The van der Waals surface area contributed by atoms with Gasteiger partial charge in [0.25, 0.3) is 0 Å². The summed E-state index contributed by atoms with van der Waals surface area (Å²) in [5, 5.41) is 22.1. The van der Waals surface area contributed by atoms with Crippen LogP contribution in [0, 0.1) is 52.1 Å². The first-order chi connectivity index (χ1) is 37.0. The molecule has 6 aromatic carbocycles. The molecule has 9 rings (SSSR count). The molecule has 10 nitrogen and oxygen atoms in total. The van der Waals surface area contributed by atoms with Crippen LogP contribution in [0.25, 0.3) is 32.7 Å². The largest absolute Gasteiger partial charge is 0.573 e. The number of aliphatic carboxylic acids is 2. The van der Waals surface area contributed by atoms with Gasteiger partial charge < -0.3 is 38.1 Å². The lowest BCUT2D eigenvalue weighted by atomic mass is 9.97. The number of methoxy groups -OCH3 is 1. The molecule has 3 heterocycles. The van der Waals surface area contributed by atoms with E-state index in [2.05, 4.69) is 9.47 Å². The summed E-state index contributed by atoms with van der Waals surface area (Å²) in [7, 11) is 1.48. The van der Waals surface area contributed by atoms with Gasteiger partial charge in [-0.3, -0.25) is 9.59 Å². The van der Waals surface area contributed by atoms with E-state index in [0.717, 1.165) is 33.8 Å². The molecule has 0 spiro atoms. The number of benzene rings is 6. The summed E-state index contributed by atoms with van der Waals surface area (Å²) in [5.41, 5.74) is 8.80. The smallest absolute Gasteiger partial charge is 0.495 e. The molecule has 0 aliphatic heterocycles. The van der Waals surface area contributed by atoms with Gasteiger partial charge in [-0.15, -0.1) is 26.3 Å². The van der Waals surface area contributed by atoms with Gasteiger partial charge in [-0.05, 0) is 153 Å². The number of alkyl halides is 6. The Bertz CT molecular complexity index is 3750. The minimum absolute atomic E-state index is 0.131. The van der Waals surface area contributed by atoms with Crippen molar-refractivity contribution in [1.82, 2.24) is 13.7 Å². The molecular formula is C58H50Cl2F9N3O7. The van der Waals surface area contributed by atoms with Crippen molar-refractivity contribution < 1.29 is 73.5 Å². The van der Waals surface area contributed by atoms with E-state index in [4.69, 9.17) is 27.9 Å². The van der Waals surface area contributed by atoms with Gasteiger partial charge in [0.15, 0.2) is 0 Å². The normalized spacial score (nSPS) is 12.0. The number of carbonyl (C=O) groups is 2. The third kappa shape index (κ3) is 13.9. The standard InChI is InChI=1S/C21H19F4NO3.C19H16ClF2NO3.C18H15ClF3NO/c1-11-7-16-18(9-17(11)22)26(13(3)19(16)12(2)20(27)28)10-14-5-4-6-15(8-14)29-21(23,24)25;1-10-14(7-19(24)25)15-6-18(26-2)16(20)8-17(15)23(10)9-11-3-12(21)5-13(22)4-11;1-11-12(2)23(17-9-14(19)6-7-16(11)17)10-13-4-3-5-15(8-13)24-18(20,21)22/h4-9,12H,10H2,1-3H3,(H,27,28);3-6,8H,7,9H2,1-2H3,(H,24,25);3-9H,10H2,1-2H3. The van der Waals surface area contributed by atoms with Gasteiger partial charge >= 0.3 is 24.7 Å². The van der Waals surface area contributed by atoms with Crippen LogP contribution in [0.15, 0.2) is 109 Å². The molecule has 79 heavy (non-hydrogen) atoms. The zero-order chi connectivity index (χ0) is 58.0. The van der Waals surface area contributed by atoms with Gasteiger partial charge in [-0.25, -0.2) is 13.2 Å². The van der Waals surface area contributed by atoms with Gasteiger partial charge in [-0.1, -0.05) is 53.5 Å². The number of aryl methyl sites for hydroxylation is 2. The lowest BCUT2D eigenvalue weighted by Gasteiger charge is -2.13. The third-order valence-corrected chi connectivity index (χ3v) is 13.9. The Morgan fingerprint density at radius 1 is 0.595 bits per heavy atom. The Balaban J connectivity index is 0.000000172. The molecule has 21 heteroatoms. The predicted molar refractivity (Wildman–Crippen MR) is 283 cm³/mol. The first kappa shape index (κ1) is 58.9. The SMILES string of the molecule is COc1cc2c(CC(=O)O)c(C)n(Cc3cc(F)cc(F)c3)c2cc1Cl.Cc1c(C)n(Cc2cccc(OC(F)(F)F)c2)c2cc(Cl)ccc12.Cc1cc2c(C(C)C(=O)O)c(C)n(Cc3cccc(OC(F)(F)F)c3)c2cc1F. The Morgan fingerprint density at radius 2 is 1.11 bits per heavy atom. The van der Waals surface area contributed by atoms with Crippen LogP contribution in [0.3, 0.4) is 0 Å². The molecule has 0 aliphatic rings. The second-order valence-electron chi connectivity index (χ2n) is 18.6. The second kappa shape index (κ2) is 23.7. The number of hydrogen-bond acceptors (Lipinski definition) is 5. The highest BCUT2D eigenvalue weighted by Gasteiger charge is 2.32. The average molecular weight is 1140 g/mol. The number of aromatic nitrogens is 3. The Hall–Kier alpha value is -7.77. The van der Waals surface area contributed by atoms with E-state index in [1.165, 1.54) is 55.6 Å². The quantitative estimate of drug-likeness (QED) is 0.110. The number of nitrogens with zero attached hydrogens (tertiary/aromatic N) is 3. The maximum atomic E-state index is 14.2. The van der Waals surface area contributed by atoms with Gasteiger partial charge in [0.05, 0.1) is 41.0 Å². The summed E-state index contributed by atoms with van der Waals surface area (Å²) in [4.78, 5) is 22.9. The molecule has 0 amide bonds. The third-order valence-electron chi connectivity index (χ3n) is 13.3. The van der Waals surface area contributed by atoms with Crippen molar-refractivity contribution in [3.63, 3.8) is 0 Å². The minimum Gasteiger partial charge on any atom is -0.495 e. The van der Waals surface area contributed by atoms with Crippen LogP contribution in [0.1, 0.15) is 68.9 Å². The van der Waals surface area contributed by atoms with Gasteiger partial charge in [0, 0.05) is 64.0 Å². The number of fused-ring (bicyclic) bond motifs is 3. The highest BCUT2D eigenvalue weighted by Crippen LogP contribution is 2.38. The van der Waals surface area contributed by atoms with Gasteiger partial charge in [0.2, 0.25) is 0 Å². The summed E-state index contributed by atoms with van der Waals surface area (Å²) >= 11 is 12.3.